The van der Waals surface area contributed by atoms with Crippen LogP contribution in [0.2, 0.25) is 5.02 Å². The lowest BCUT2D eigenvalue weighted by Crippen LogP contribution is -2.45. The van der Waals surface area contributed by atoms with Gasteiger partial charge < -0.3 is 4.57 Å². The number of hydrogen-bond acceptors (Lipinski definition) is 1. The van der Waals surface area contributed by atoms with Crippen LogP contribution in [0.3, 0.4) is 0 Å². The zero-order chi connectivity index (χ0) is 17.0. The SMILES string of the molecule is O=C1c2cc(Cl)ccc2CCC1[n+]1ccc2c(ccn2CC2CC2)c1. The average Bonchev–Trinajstić information content (AvgIpc) is 3.35. The molecule has 0 aliphatic heterocycles. The highest BCUT2D eigenvalue weighted by Gasteiger charge is 2.34. The highest BCUT2D eigenvalue weighted by Crippen LogP contribution is 2.32. The van der Waals surface area contributed by atoms with Gasteiger partial charge in [-0.1, -0.05) is 17.7 Å². The van der Waals surface area contributed by atoms with E-state index in [1.807, 2.05) is 18.2 Å². The van der Waals surface area contributed by atoms with Gasteiger partial charge in [-0.05, 0) is 48.9 Å². The van der Waals surface area contributed by atoms with Crippen molar-refractivity contribution < 1.29 is 9.36 Å². The van der Waals surface area contributed by atoms with Crippen LogP contribution < -0.4 is 4.57 Å². The highest BCUT2D eigenvalue weighted by molar-refractivity contribution is 6.31. The van der Waals surface area contributed by atoms with Crippen LogP contribution in [0, 0.1) is 5.92 Å². The summed E-state index contributed by atoms with van der Waals surface area (Å²) in [6.45, 7) is 1.11. The summed E-state index contributed by atoms with van der Waals surface area (Å²) < 4.78 is 4.42. The van der Waals surface area contributed by atoms with Crippen LogP contribution in [0.1, 0.15) is 41.2 Å². The Morgan fingerprint density at radius 3 is 2.88 bits per heavy atom. The molecule has 2 heterocycles. The van der Waals surface area contributed by atoms with Crippen molar-refractivity contribution in [3.05, 3.63) is 65.1 Å². The molecular weight excluding hydrogens is 332 g/mol. The number of carbonyl (C=O) groups is 1. The quantitative estimate of drug-likeness (QED) is 0.644. The van der Waals surface area contributed by atoms with E-state index >= 15 is 0 Å². The Labute approximate surface area is 151 Å². The smallest absolute Gasteiger partial charge is 0.230 e. The van der Waals surface area contributed by atoms with Gasteiger partial charge >= 0.3 is 0 Å². The van der Waals surface area contributed by atoms with Crippen molar-refractivity contribution in [1.82, 2.24) is 4.57 Å². The van der Waals surface area contributed by atoms with Crippen LogP contribution >= 0.6 is 11.6 Å². The lowest BCUT2D eigenvalue weighted by molar-refractivity contribution is -0.707. The van der Waals surface area contributed by atoms with Crippen molar-refractivity contribution in [2.75, 3.05) is 0 Å². The van der Waals surface area contributed by atoms with Crippen molar-refractivity contribution in [3.63, 3.8) is 0 Å². The van der Waals surface area contributed by atoms with E-state index in [4.69, 9.17) is 11.6 Å². The van der Waals surface area contributed by atoms with Gasteiger partial charge in [0.2, 0.25) is 11.8 Å². The third-order valence-electron chi connectivity index (χ3n) is 5.57. The van der Waals surface area contributed by atoms with E-state index in [9.17, 15) is 4.79 Å². The number of ketones is 1. The maximum absolute atomic E-state index is 13.0. The molecule has 1 fully saturated rings. The summed E-state index contributed by atoms with van der Waals surface area (Å²) in [5, 5.41) is 1.83. The number of nitrogens with zero attached hydrogens (tertiary/aromatic N) is 2. The van der Waals surface area contributed by atoms with Gasteiger partial charge in [-0.15, -0.1) is 0 Å². The number of rotatable bonds is 3. The molecule has 5 rings (SSSR count). The van der Waals surface area contributed by atoms with Gasteiger partial charge in [-0.3, -0.25) is 4.79 Å². The van der Waals surface area contributed by atoms with Crippen LogP contribution in [0.15, 0.2) is 48.9 Å². The Balaban J connectivity index is 1.49. The number of aryl methyl sites for hydroxylation is 1. The second-order valence-corrected chi connectivity index (χ2v) is 7.80. The maximum atomic E-state index is 13.0. The van der Waals surface area contributed by atoms with Gasteiger partial charge in [-0.2, -0.15) is 4.57 Å². The molecule has 0 amide bonds. The number of carbonyl (C=O) groups excluding carboxylic acids is 1. The third kappa shape index (κ3) is 2.67. The summed E-state index contributed by atoms with van der Waals surface area (Å²) in [6, 6.07) is 9.84. The van der Waals surface area contributed by atoms with Gasteiger partial charge in [0.05, 0.1) is 10.9 Å². The molecule has 0 bridgehead atoms. The fraction of sp³-hybridized carbons (Fsp3) is 0.333. The van der Waals surface area contributed by atoms with E-state index in [0.717, 1.165) is 36.4 Å². The first kappa shape index (κ1) is 15.2. The van der Waals surface area contributed by atoms with E-state index < -0.39 is 0 Å². The van der Waals surface area contributed by atoms with Gasteiger partial charge in [0, 0.05) is 35.8 Å². The Kier molecular flexibility index (Phi) is 3.46. The van der Waals surface area contributed by atoms with Gasteiger partial charge in [-0.25, -0.2) is 0 Å². The first-order chi connectivity index (χ1) is 12.2. The van der Waals surface area contributed by atoms with E-state index in [0.29, 0.717) is 5.02 Å². The zero-order valence-electron chi connectivity index (χ0n) is 14.0. The number of fused-ring (bicyclic) bond motifs is 2. The summed E-state index contributed by atoms with van der Waals surface area (Å²) in [4.78, 5) is 13.0. The predicted molar refractivity (Wildman–Crippen MR) is 98.0 cm³/mol. The minimum Gasteiger partial charge on any atom is -0.347 e. The van der Waals surface area contributed by atoms with Gasteiger partial charge in [0.15, 0.2) is 12.4 Å². The Bertz CT molecular complexity index is 987. The summed E-state index contributed by atoms with van der Waals surface area (Å²) in [5.74, 6) is 1.02. The molecule has 1 aromatic carbocycles. The van der Waals surface area contributed by atoms with E-state index in [1.165, 1.54) is 23.7 Å². The molecule has 0 spiro atoms. The molecule has 3 nitrogen and oxygen atoms in total. The van der Waals surface area contributed by atoms with E-state index in [1.54, 1.807) is 0 Å². The van der Waals surface area contributed by atoms with Crippen molar-refractivity contribution >= 4 is 28.3 Å². The summed E-state index contributed by atoms with van der Waals surface area (Å²) in [6.07, 6.45) is 10.8. The highest BCUT2D eigenvalue weighted by atomic mass is 35.5. The van der Waals surface area contributed by atoms with Crippen LogP contribution in [-0.4, -0.2) is 10.4 Å². The van der Waals surface area contributed by atoms with Crippen molar-refractivity contribution in [1.29, 1.82) is 0 Å². The molecule has 126 valence electrons. The summed E-state index contributed by atoms with van der Waals surface area (Å²) in [7, 11) is 0. The monoisotopic (exact) mass is 351 g/mol. The fourth-order valence-electron chi connectivity index (χ4n) is 3.98. The second kappa shape index (κ2) is 5.70. The third-order valence-corrected chi connectivity index (χ3v) is 5.81. The molecule has 0 saturated heterocycles. The first-order valence-corrected chi connectivity index (χ1v) is 9.39. The molecule has 0 radical (unpaired) electrons. The van der Waals surface area contributed by atoms with Crippen molar-refractivity contribution in [2.45, 2.75) is 38.3 Å². The van der Waals surface area contributed by atoms with Crippen molar-refractivity contribution in [3.8, 4) is 0 Å². The maximum Gasteiger partial charge on any atom is 0.230 e. The molecule has 1 atom stereocenters. The largest absolute Gasteiger partial charge is 0.347 e. The lowest BCUT2D eigenvalue weighted by Gasteiger charge is -2.20. The molecule has 25 heavy (non-hydrogen) atoms. The van der Waals surface area contributed by atoms with Gasteiger partial charge in [0.1, 0.15) is 0 Å². The minimum atomic E-state index is -0.137. The van der Waals surface area contributed by atoms with Gasteiger partial charge in [0.25, 0.3) is 0 Å². The summed E-state index contributed by atoms with van der Waals surface area (Å²) >= 11 is 6.10. The number of pyridine rings is 1. The molecular formula is C21H20ClN2O+. The number of benzene rings is 1. The normalized spacial score (nSPS) is 20.0. The topological polar surface area (TPSA) is 25.9 Å². The standard InChI is InChI=1S/C21H20ClN2O/c22-17-5-3-15-4-6-20(21(25)18(15)11-17)24-10-8-19-16(13-24)7-9-23(19)12-14-1-2-14/h3,5,7-11,13-14,20H,1-2,4,6,12H2/q+1. The molecule has 3 aromatic rings. The van der Waals surface area contributed by atoms with Crippen molar-refractivity contribution in [2.24, 2.45) is 5.92 Å². The van der Waals surface area contributed by atoms with Crippen LogP contribution in [-0.2, 0) is 13.0 Å². The van der Waals surface area contributed by atoms with Crippen LogP contribution in [0.25, 0.3) is 10.9 Å². The zero-order valence-corrected chi connectivity index (χ0v) is 14.7. The molecule has 4 heteroatoms. The summed E-state index contributed by atoms with van der Waals surface area (Å²) in [5.41, 5.74) is 3.15. The molecule has 0 N–H and O–H groups in total. The number of Topliss-reactive ketones (excluding diaryl/α,β-unsaturated/α-hetero) is 1. The fourth-order valence-corrected chi connectivity index (χ4v) is 4.15. The number of hydrogen-bond donors (Lipinski definition) is 0. The lowest BCUT2D eigenvalue weighted by atomic mass is 9.87. The molecule has 1 saturated carbocycles. The molecule has 2 aliphatic carbocycles. The first-order valence-electron chi connectivity index (χ1n) is 9.01. The second-order valence-electron chi connectivity index (χ2n) is 7.36. The molecule has 2 aliphatic rings. The Morgan fingerprint density at radius 1 is 1.16 bits per heavy atom. The molecule has 1 unspecified atom stereocenters. The van der Waals surface area contributed by atoms with E-state index in [-0.39, 0.29) is 11.8 Å². The average molecular weight is 352 g/mol. The van der Waals surface area contributed by atoms with Crippen LogP contribution in [0.4, 0.5) is 0 Å². The Morgan fingerprint density at radius 2 is 2.04 bits per heavy atom. The van der Waals surface area contributed by atoms with E-state index in [2.05, 4.69) is 39.9 Å². The Hall–Kier alpha value is -2.13. The predicted octanol–water partition coefficient (Wildman–Crippen LogP) is 4.36. The number of aromatic nitrogens is 2. The minimum absolute atomic E-state index is 0.137. The van der Waals surface area contributed by atoms with Crippen LogP contribution in [0.5, 0.6) is 0 Å². The number of halogens is 1. The molecule has 2 aromatic heterocycles.